The van der Waals surface area contributed by atoms with Crippen molar-refractivity contribution in [3.05, 3.63) is 59.7 Å². The lowest BCUT2D eigenvalue weighted by molar-refractivity contribution is -0.120. The third-order valence-electron chi connectivity index (χ3n) is 3.96. The van der Waals surface area contributed by atoms with Crippen LogP contribution in [0, 0.1) is 0 Å². The highest BCUT2D eigenvalue weighted by Crippen LogP contribution is 2.41. The van der Waals surface area contributed by atoms with Crippen molar-refractivity contribution in [2.45, 2.75) is 18.9 Å². The van der Waals surface area contributed by atoms with Crippen LogP contribution in [0.2, 0.25) is 0 Å². The van der Waals surface area contributed by atoms with Gasteiger partial charge in [-0.05, 0) is 17.7 Å². The third kappa shape index (κ3) is 2.77. The van der Waals surface area contributed by atoms with E-state index in [1.807, 2.05) is 36.4 Å². The molecule has 0 aromatic heterocycles. The normalized spacial score (nSPS) is 19.7. The number of hydrogen-bond acceptors (Lipinski definition) is 3. The van der Waals surface area contributed by atoms with Crippen LogP contribution in [0.5, 0.6) is 11.5 Å². The van der Waals surface area contributed by atoms with Crippen LogP contribution >= 0.6 is 0 Å². The Hall–Kier alpha value is -2.49. The first-order valence-electron chi connectivity index (χ1n) is 7.32. The van der Waals surface area contributed by atoms with Gasteiger partial charge in [0, 0.05) is 24.5 Å². The van der Waals surface area contributed by atoms with E-state index < -0.39 is 0 Å². The van der Waals surface area contributed by atoms with Gasteiger partial charge in [-0.2, -0.15) is 0 Å². The molecule has 1 aliphatic heterocycles. The number of carbonyl (C=O) groups is 1. The molecule has 0 saturated heterocycles. The van der Waals surface area contributed by atoms with Crippen LogP contribution in [0.3, 0.4) is 0 Å². The largest absolute Gasteiger partial charge is 0.497 e. The number of hydrogen-bond donors (Lipinski definition) is 1. The van der Waals surface area contributed by atoms with E-state index in [-0.39, 0.29) is 17.9 Å². The van der Waals surface area contributed by atoms with Crippen LogP contribution in [0.25, 0.3) is 0 Å². The number of amides is 1. The molecule has 0 fully saturated rings. The van der Waals surface area contributed by atoms with E-state index in [0.717, 1.165) is 22.6 Å². The summed E-state index contributed by atoms with van der Waals surface area (Å²) in [6.45, 7) is 2.07. The summed E-state index contributed by atoms with van der Waals surface area (Å²) in [6.07, 6.45) is 0. The first-order valence-corrected chi connectivity index (χ1v) is 7.32. The van der Waals surface area contributed by atoms with E-state index >= 15 is 0 Å². The molecule has 1 aliphatic rings. The van der Waals surface area contributed by atoms with Crippen molar-refractivity contribution in [1.29, 1.82) is 0 Å². The molecule has 4 heteroatoms. The van der Waals surface area contributed by atoms with Gasteiger partial charge in [0.15, 0.2) is 0 Å². The Bertz CT molecular complexity index is 669. The Balaban J connectivity index is 2.01. The zero-order valence-electron chi connectivity index (χ0n) is 12.7. The van der Waals surface area contributed by atoms with Crippen LogP contribution in [0.15, 0.2) is 48.5 Å². The average molecular weight is 297 g/mol. The van der Waals surface area contributed by atoms with E-state index in [4.69, 9.17) is 9.47 Å². The van der Waals surface area contributed by atoms with Gasteiger partial charge in [-0.3, -0.25) is 4.79 Å². The highest BCUT2D eigenvalue weighted by atomic mass is 16.5. The van der Waals surface area contributed by atoms with Crippen LogP contribution < -0.4 is 14.8 Å². The van der Waals surface area contributed by atoms with Crippen LogP contribution in [-0.2, 0) is 4.79 Å². The summed E-state index contributed by atoms with van der Waals surface area (Å²) >= 11 is 0. The van der Waals surface area contributed by atoms with Crippen LogP contribution in [0.1, 0.15) is 30.0 Å². The second kappa shape index (κ2) is 6.10. The molecule has 1 heterocycles. The fourth-order valence-corrected chi connectivity index (χ4v) is 2.90. The van der Waals surface area contributed by atoms with Crippen molar-refractivity contribution in [3.63, 3.8) is 0 Å². The summed E-state index contributed by atoms with van der Waals surface area (Å²) in [5.74, 6) is 1.56. The highest BCUT2D eigenvalue weighted by Gasteiger charge is 2.32. The molecule has 2 aromatic carbocycles. The molecular formula is C18H19NO3. The molecule has 114 valence electrons. The summed E-state index contributed by atoms with van der Waals surface area (Å²) < 4.78 is 11.2. The van der Waals surface area contributed by atoms with Gasteiger partial charge in [-0.25, -0.2) is 0 Å². The lowest BCUT2D eigenvalue weighted by Crippen LogP contribution is -2.36. The Labute approximate surface area is 130 Å². The summed E-state index contributed by atoms with van der Waals surface area (Å²) in [5, 5.41) is 3.06. The zero-order valence-corrected chi connectivity index (χ0v) is 12.7. The predicted molar refractivity (Wildman–Crippen MR) is 84.2 cm³/mol. The van der Waals surface area contributed by atoms with Gasteiger partial charge in [0.25, 0.3) is 0 Å². The molecule has 0 spiro atoms. The molecule has 2 unspecified atom stereocenters. The number of carbonyl (C=O) groups excluding carboxylic acids is 1. The van der Waals surface area contributed by atoms with Gasteiger partial charge in [0.1, 0.15) is 11.5 Å². The third-order valence-corrected chi connectivity index (χ3v) is 3.96. The molecule has 4 nitrogen and oxygen atoms in total. The van der Waals surface area contributed by atoms with Crippen molar-refractivity contribution in [2.75, 3.05) is 13.7 Å². The maximum Gasteiger partial charge on any atom is 0.217 e. The fourth-order valence-electron chi connectivity index (χ4n) is 2.90. The lowest BCUT2D eigenvalue weighted by Gasteiger charge is -2.34. The minimum Gasteiger partial charge on any atom is -0.497 e. The Morgan fingerprint density at radius 3 is 2.68 bits per heavy atom. The van der Waals surface area contributed by atoms with Gasteiger partial charge in [0.2, 0.25) is 5.91 Å². The van der Waals surface area contributed by atoms with Crippen LogP contribution in [0.4, 0.5) is 0 Å². The van der Waals surface area contributed by atoms with Gasteiger partial charge in [0.05, 0.1) is 19.8 Å². The minimum atomic E-state index is -0.102. The Kier molecular flexibility index (Phi) is 4.00. The number of nitrogens with one attached hydrogen (secondary N) is 1. The van der Waals surface area contributed by atoms with Crippen molar-refractivity contribution in [2.24, 2.45) is 0 Å². The summed E-state index contributed by atoms with van der Waals surface area (Å²) in [7, 11) is 1.63. The van der Waals surface area contributed by atoms with E-state index in [1.165, 1.54) is 0 Å². The SMILES string of the molecule is COc1ccc2c(c1)OCC(c1ccccc1)C2NC(C)=O. The molecule has 0 saturated carbocycles. The maximum absolute atomic E-state index is 11.6. The smallest absolute Gasteiger partial charge is 0.217 e. The molecule has 0 radical (unpaired) electrons. The molecule has 2 atom stereocenters. The number of ether oxygens (including phenoxy) is 2. The summed E-state index contributed by atoms with van der Waals surface area (Å²) in [5.41, 5.74) is 2.14. The molecule has 1 N–H and O–H groups in total. The molecule has 3 rings (SSSR count). The number of methoxy groups -OCH3 is 1. The molecule has 2 aromatic rings. The first kappa shape index (κ1) is 14.4. The number of fused-ring (bicyclic) bond motifs is 1. The minimum absolute atomic E-state index is 0.0467. The standard InChI is InChI=1S/C18H19NO3/c1-12(20)19-18-15-9-8-14(21-2)10-17(15)22-11-16(18)13-6-4-3-5-7-13/h3-10,16,18H,11H2,1-2H3,(H,19,20). The van der Waals surface area contributed by atoms with Crippen molar-refractivity contribution in [3.8, 4) is 11.5 Å². The molecular weight excluding hydrogens is 278 g/mol. The Morgan fingerprint density at radius 2 is 2.00 bits per heavy atom. The van der Waals surface area contributed by atoms with E-state index in [9.17, 15) is 4.79 Å². The zero-order chi connectivity index (χ0) is 15.5. The maximum atomic E-state index is 11.6. The topological polar surface area (TPSA) is 47.6 Å². The summed E-state index contributed by atoms with van der Waals surface area (Å²) in [4.78, 5) is 11.6. The molecule has 0 aliphatic carbocycles. The first-order chi connectivity index (χ1) is 10.7. The molecule has 1 amide bonds. The van der Waals surface area contributed by atoms with Gasteiger partial charge in [-0.15, -0.1) is 0 Å². The monoisotopic (exact) mass is 297 g/mol. The number of benzene rings is 2. The lowest BCUT2D eigenvalue weighted by atomic mass is 9.85. The van der Waals surface area contributed by atoms with E-state index in [0.29, 0.717) is 6.61 Å². The quantitative estimate of drug-likeness (QED) is 0.947. The fraction of sp³-hybridized carbons (Fsp3) is 0.278. The number of rotatable bonds is 3. The molecule has 22 heavy (non-hydrogen) atoms. The second-order valence-corrected chi connectivity index (χ2v) is 5.41. The Morgan fingerprint density at radius 1 is 1.23 bits per heavy atom. The van der Waals surface area contributed by atoms with Gasteiger partial charge in [-0.1, -0.05) is 30.3 Å². The van der Waals surface area contributed by atoms with Crippen molar-refractivity contribution < 1.29 is 14.3 Å². The average Bonchev–Trinajstić information content (AvgIpc) is 2.55. The predicted octanol–water partition coefficient (Wildman–Crippen LogP) is 3.05. The van der Waals surface area contributed by atoms with E-state index in [2.05, 4.69) is 17.4 Å². The van der Waals surface area contributed by atoms with Gasteiger partial charge < -0.3 is 14.8 Å². The van der Waals surface area contributed by atoms with Crippen molar-refractivity contribution in [1.82, 2.24) is 5.32 Å². The van der Waals surface area contributed by atoms with E-state index in [1.54, 1.807) is 14.0 Å². The van der Waals surface area contributed by atoms with Crippen LogP contribution in [-0.4, -0.2) is 19.6 Å². The summed E-state index contributed by atoms with van der Waals surface area (Å²) in [6, 6.07) is 15.7. The van der Waals surface area contributed by atoms with Gasteiger partial charge >= 0.3 is 0 Å². The second-order valence-electron chi connectivity index (χ2n) is 5.41. The van der Waals surface area contributed by atoms with Crippen molar-refractivity contribution >= 4 is 5.91 Å². The highest BCUT2D eigenvalue weighted by molar-refractivity contribution is 5.74. The molecule has 0 bridgehead atoms.